The molecular weight excluding hydrogens is 426 g/mol. The van der Waals surface area contributed by atoms with Crippen LogP contribution in [-0.4, -0.2) is 74.2 Å². The van der Waals surface area contributed by atoms with Crippen molar-refractivity contribution in [3.8, 4) is 5.75 Å². The van der Waals surface area contributed by atoms with Gasteiger partial charge >= 0.3 is 5.97 Å². The lowest BCUT2D eigenvalue weighted by atomic mass is 10.3. The molecule has 1 saturated heterocycles. The molecule has 1 amide bonds. The zero-order valence-corrected chi connectivity index (χ0v) is 18.5. The van der Waals surface area contributed by atoms with Gasteiger partial charge in [0.1, 0.15) is 17.4 Å². The lowest BCUT2D eigenvalue weighted by molar-refractivity contribution is -0.117. The molecule has 7 nitrogen and oxygen atoms in total. The Morgan fingerprint density at radius 1 is 1.10 bits per heavy atom. The van der Waals surface area contributed by atoms with E-state index in [2.05, 4.69) is 15.1 Å². The number of halogens is 1. The predicted molar refractivity (Wildman–Crippen MR) is 119 cm³/mol. The number of hydrogen-bond acceptors (Lipinski definition) is 7. The first kappa shape index (κ1) is 22.6. The van der Waals surface area contributed by atoms with E-state index in [0.717, 1.165) is 38.5 Å². The first-order valence-electron chi connectivity index (χ1n) is 9.92. The van der Waals surface area contributed by atoms with Crippen LogP contribution in [0.15, 0.2) is 35.7 Å². The number of ether oxygens (including phenoxy) is 2. The van der Waals surface area contributed by atoms with E-state index in [1.54, 1.807) is 18.4 Å². The molecule has 30 heavy (non-hydrogen) atoms. The molecule has 9 heteroatoms. The zero-order chi connectivity index (χ0) is 21.3. The number of amides is 1. The fraction of sp³-hybridized carbons (Fsp3) is 0.429. The number of piperazine rings is 1. The Kier molecular flexibility index (Phi) is 8.50. The standard InChI is InChI=1S/C21H26ClN3O4S/c1-2-28-21(27)18-7-14-30-20(18)23-19(26)15-25-10-8-24(9-11-25)12-13-29-17-5-3-16(22)4-6-17/h3-7,14H,2,8-13,15H2,1H3,(H,23,26). The van der Waals surface area contributed by atoms with E-state index in [0.29, 0.717) is 35.3 Å². The molecule has 0 spiro atoms. The van der Waals surface area contributed by atoms with Crippen molar-refractivity contribution in [3.63, 3.8) is 0 Å². The normalized spacial score (nSPS) is 15.0. The maximum Gasteiger partial charge on any atom is 0.341 e. The number of anilines is 1. The number of rotatable bonds is 9. The average molecular weight is 452 g/mol. The van der Waals surface area contributed by atoms with Gasteiger partial charge in [-0.1, -0.05) is 11.6 Å². The number of hydrogen-bond donors (Lipinski definition) is 1. The maximum atomic E-state index is 12.4. The summed E-state index contributed by atoms with van der Waals surface area (Å²) in [5.74, 6) is 0.275. The number of carbonyl (C=O) groups is 2. The van der Waals surface area contributed by atoms with Gasteiger partial charge in [0.2, 0.25) is 5.91 Å². The molecule has 1 aliphatic heterocycles. The largest absolute Gasteiger partial charge is 0.492 e. The molecule has 2 aromatic rings. The Hall–Kier alpha value is -2.13. The van der Waals surface area contributed by atoms with Crippen molar-refractivity contribution in [1.29, 1.82) is 0 Å². The predicted octanol–water partition coefficient (Wildman–Crippen LogP) is 3.21. The van der Waals surface area contributed by atoms with E-state index in [1.165, 1.54) is 11.3 Å². The van der Waals surface area contributed by atoms with E-state index in [9.17, 15) is 9.59 Å². The SMILES string of the molecule is CCOC(=O)c1ccsc1NC(=O)CN1CCN(CCOc2ccc(Cl)cc2)CC1. The highest BCUT2D eigenvalue weighted by Gasteiger charge is 2.21. The van der Waals surface area contributed by atoms with Crippen LogP contribution in [0.4, 0.5) is 5.00 Å². The topological polar surface area (TPSA) is 71.1 Å². The number of nitrogens with one attached hydrogen (secondary N) is 1. The van der Waals surface area contributed by atoms with Crippen LogP contribution < -0.4 is 10.1 Å². The molecule has 0 unspecified atom stereocenters. The number of carbonyl (C=O) groups excluding carboxylic acids is 2. The second-order valence-corrected chi connectivity index (χ2v) is 8.20. The molecule has 1 aliphatic rings. The van der Waals surface area contributed by atoms with E-state index < -0.39 is 5.97 Å². The van der Waals surface area contributed by atoms with Gasteiger partial charge in [-0.3, -0.25) is 14.6 Å². The lowest BCUT2D eigenvalue weighted by Crippen LogP contribution is -2.49. The summed E-state index contributed by atoms with van der Waals surface area (Å²) in [6.07, 6.45) is 0. The number of benzene rings is 1. The minimum absolute atomic E-state index is 0.123. The Bertz CT molecular complexity index is 835. The summed E-state index contributed by atoms with van der Waals surface area (Å²) in [7, 11) is 0. The van der Waals surface area contributed by atoms with Crippen LogP contribution in [0, 0.1) is 0 Å². The summed E-state index contributed by atoms with van der Waals surface area (Å²) >= 11 is 7.20. The van der Waals surface area contributed by atoms with Gasteiger partial charge in [0.25, 0.3) is 0 Å². The summed E-state index contributed by atoms with van der Waals surface area (Å²) in [5, 5.41) is 5.84. The van der Waals surface area contributed by atoms with Crippen molar-refractivity contribution in [2.45, 2.75) is 6.92 Å². The quantitative estimate of drug-likeness (QED) is 0.590. The van der Waals surface area contributed by atoms with Crippen molar-refractivity contribution in [2.75, 3.05) is 57.8 Å². The molecule has 2 heterocycles. The molecule has 1 aromatic heterocycles. The van der Waals surface area contributed by atoms with Crippen LogP contribution in [0.3, 0.4) is 0 Å². The molecule has 1 aromatic carbocycles. The van der Waals surface area contributed by atoms with Gasteiger partial charge in [-0.2, -0.15) is 0 Å². The molecule has 0 bridgehead atoms. The highest BCUT2D eigenvalue weighted by atomic mass is 35.5. The molecule has 162 valence electrons. The van der Waals surface area contributed by atoms with Gasteiger partial charge in [0.15, 0.2) is 0 Å². The van der Waals surface area contributed by atoms with Crippen LogP contribution in [0.1, 0.15) is 17.3 Å². The third-order valence-electron chi connectivity index (χ3n) is 4.74. The van der Waals surface area contributed by atoms with Crippen LogP contribution in [0.5, 0.6) is 5.75 Å². The van der Waals surface area contributed by atoms with Crippen molar-refractivity contribution in [3.05, 3.63) is 46.3 Å². The zero-order valence-electron chi connectivity index (χ0n) is 16.9. The highest BCUT2D eigenvalue weighted by molar-refractivity contribution is 7.14. The molecule has 1 N–H and O–H groups in total. The Balaban J connectivity index is 1.36. The summed E-state index contributed by atoms with van der Waals surface area (Å²) in [6.45, 7) is 7.18. The molecule has 0 saturated carbocycles. The monoisotopic (exact) mass is 451 g/mol. The van der Waals surface area contributed by atoms with Gasteiger partial charge in [-0.25, -0.2) is 4.79 Å². The van der Waals surface area contributed by atoms with Crippen molar-refractivity contribution in [1.82, 2.24) is 9.80 Å². The maximum absolute atomic E-state index is 12.4. The highest BCUT2D eigenvalue weighted by Crippen LogP contribution is 2.24. The summed E-state index contributed by atoms with van der Waals surface area (Å²) in [5.41, 5.74) is 0.403. The van der Waals surface area contributed by atoms with Crippen molar-refractivity contribution in [2.24, 2.45) is 0 Å². The first-order valence-corrected chi connectivity index (χ1v) is 11.2. The van der Waals surface area contributed by atoms with E-state index in [1.807, 2.05) is 24.3 Å². The average Bonchev–Trinajstić information content (AvgIpc) is 3.19. The van der Waals surface area contributed by atoms with E-state index in [-0.39, 0.29) is 5.91 Å². The van der Waals surface area contributed by atoms with Crippen LogP contribution in [0.2, 0.25) is 5.02 Å². The lowest BCUT2D eigenvalue weighted by Gasteiger charge is -2.34. The van der Waals surface area contributed by atoms with E-state index in [4.69, 9.17) is 21.1 Å². The molecule has 3 rings (SSSR count). The minimum Gasteiger partial charge on any atom is -0.492 e. The molecule has 0 radical (unpaired) electrons. The second-order valence-electron chi connectivity index (χ2n) is 6.85. The number of thiophene rings is 1. The summed E-state index contributed by atoms with van der Waals surface area (Å²) < 4.78 is 10.8. The number of esters is 1. The Morgan fingerprint density at radius 3 is 2.50 bits per heavy atom. The molecule has 1 fully saturated rings. The minimum atomic E-state index is -0.413. The third-order valence-corrected chi connectivity index (χ3v) is 5.82. The van der Waals surface area contributed by atoms with Crippen molar-refractivity contribution < 1.29 is 19.1 Å². The number of nitrogens with zero attached hydrogens (tertiary/aromatic N) is 2. The van der Waals surface area contributed by atoms with Gasteiger partial charge < -0.3 is 14.8 Å². The van der Waals surface area contributed by atoms with Crippen molar-refractivity contribution >= 4 is 39.8 Å². The van der Waals surface area contributed by atoms with Crippen LogP contribution >= 0.6 is 22.9 Å². The Labute approximate surface area is 185 Å². The molecule has 0 aliphatic carbocycles. The van der Waals surface area contributed by atoms with Gasteiger partial charge in [-0.05, 0) is 42.6 Å². The van der Waals surface area contributed by atoms with Gasteiger partial charge in [-0.15, -0.1) is 11.3 Å². The smallest absolute Gasteiger partial charge is 0.341 e. The first-order chi connectivity index (χ1) is 14.5. The van der Waals surface area contributed by atoms with Crippen LogP contribution in [-0.2, 0) is 9.53 Å². The molecular formula is C21H26ClN3O4S. The van der Waals surface area contributed by atoms with Gasteiger partial charge in [0.05, 0.1) is 18.7 Å². The Morgan fingerprint density at radius 2 is 1.80 bits per heavy atom. The van der Waals surface area contributed by atoms with E-state index >= 15 is 0 Å². The second kappa shape index (κ2) is 11.3. The van der Waals surface area contributed by atoms with Gasteiger partial charge in [0, 0.05) is 37.7 Å². The summed E-state index contributed by atoms with van der Waals surface area (Å²) in [4.78, 5) is 28.8. The summed E-state index contributed by atoms with van der Waals surface area (Å²) in [6, 6.07) is 9.02. The van der Waals surface area contributed by atoms with Crippen LogP contribution in [0.25, 0.3) is 0 Å². The fourth-order valence-corrected chi connectivity index (χ4v) is 4.06. The third kappa shape index (κ3) is 6.70. The molecule has 0 atom stereocenters. The fourth-order valence-electron chi connectivity index (χ4n) is 3.14.